The van der Waals surface area contributed by atoms with Crippen molar-refractivity contribution in [3.05, 3.63) is 28.9 Å². The van der Waals surface area contributed by atoms with Gasteiger partial charge in [-0.3, -0.25) is 0 Å². The molecule has 3 N–H and O–H groups in total. The van der Waals surface area contributed by atoms with E-state index < -0.39 is 34.1 Å². The van der Waals surface area contributed by atoms with Gasteiger partial charge in [-0.15, -0.1) is 0 Å². The zero-order chi connectivity index (χ0) is 25.9. The van der Waals surface area contributed by atoms with Gasteiger partial charge in [-0.2, -0.15) is 4.31 Å². The van der Waals surface area contributed by atoms with Crippen molar-refractivity contribution < 1.29 is 27.8 Å². The third-order valence-corrected chi connectivity index (χ3v) is 8.05. The Bertz CT molecular complexity index is 1450. The van der Waals surface area contributed by atoms with Crippen LogP contribution >= 0.6 is 11.6 Å². The molecule has 4 heterocycles. The van der Waals surface area contributed by atoms with Crippen LogP contribution in [-0.4, -0.2) is 80.6 Å². The predicted molar refractivity (Wildman–Crippen MR) is 131 cm³/mol. The first-order valence-electron chi connectivity index (χ1n) is 11.4. The molecule has 0 unspecified atom stereocenters. The molecule has 0 spiro atoms. The number of rotatable bonds is 5. The van der Waals surface area contributed by atoms with Crippen molar-refractivity contribution in [3.8, 4) is 17.0 Å². The molecule has 1 aromatic carbocycles. The van der Waals surface area contributed by atoms with E-state index in [0.29, 0.717) is 29.1 Å². The number of sulfonamides is 1. The van der Waals surface area contributed by atoms with Gasteiger partial charge < -0.3 is 24.8 Å². The molecule has 5 rings (SSSR count). The molecule has 2 aliphatic rings. The monoisotopic (exact) mass is 540 g/mol. The summed E-state index contributed by atoms with van der Waals surface area (Å²) in [6, 6.07) is 0.565. The van der Waals surface area contributed by atoms with Crippen molar-refractivity contribution in [2.45, 2.75) is 44.6 Å². The van der Waals surface area contributed by atoms with Crippen LogP contribution in [0.4, 0.5) is 10.3 Å². The SMILES string of the molecule is C[C@@H](O)c1nc2c(F)cc(-c3nc(N[C@@H]4CCN(S(C)(=O)=O)C[C@H]4O)ncc3Cl)c3c2n1[C@@H](C)CO3. The Morgan fingerprint density at radius 3 is 2.78 bits per heavy atom. The van der Waals surface area contributed by atoms with Gasteiger partial charge in [0.1, 0.15) is 29.6 Å². The van der Waals surface area contributed by atoms with E-state index in [1.807, 2.05) is 6.92 Å². The Morgan fingerprint density at radius 2 is 2.11 bits per heavy atom. The Balaban J connectivity index is 1.53. The van der Waals surface area contributed by atoms with E-state index in [1.165, 1.54) is 16.6 Å². The number of aromatic nitrogens is 4. The second kappa shape index (κ2) is 9.06. The van der Waals surface area contributed by atoms with Crippen LogP contribution in [0.25, 0.3) is 22.3 Å². The number of halogens is 2. The number of aliphatic hydroxyl groups is 2. The molecule has 36 heavy (non-hydrogen) atoms. The second-order valence-corrected chi connectivity index (χ2v) is 11.6. The first-order chi connectivity index (χ1) is 17.0. The molecule has 194 valence electrons. The van der Waals surface area contributed by atoms with Crippen molar-refractivity contribution in [2.75, 3.05) is 31.3 Å². The van der Waals surface area contributed by atoms with Gasteiger partial charge in [-0.25, -0.2) is 27.8 Å². The van der Waals surface area contributed by atoms with Crippen molar-refractivity contribution in [1.82, 2.24) is 23.8 Å². The third kappa shape index (κ3) is 4.28. The molecule has 2 aliphatic heterocycles. The number of β-amino-alcohol motifs (C(OH)–C–C–N with tert-alkyl or cyclic N) is 1. The number of imidazole rings is 1. The summed E-state index contributed by atoms with van der Waals surface area (Å²) in [6.45, 7) is 3.92. The Morgan fingerprint density at radius 1 is 1.36 bits per heavy atom. The van der Waals surface area contributed by atoms with E-state index in [9.17, 15) is 18.6 Å². The highest BCUT2D eigenvalue weighted by Crippen LogP contribution is 2.44. The van der Waals surface area contributed by atoms with Gasteiger partial charge in [-0.05, 0) is 26.3 Å². The minimum atomic E-state index is -3.41. The smallest absolute Gasteiger partial charge is 0.223 e. The number of piperidine rings is 1. The normalized spacial score (nSPS) is 23.5. The number of ether oxygens (including phenoxy) is 1. The topological polar surface area (TPSA) is 143 Å². The zero-order valence-corrected chi connectivity index (χ0v) is 21.4. The van der Waals surface area contributed by atoms with Crippen molar-refractivity contribution in [3.63, 3.8) is 0 Å². The van der Waals surface area contributed by atoms with Gasteiger partial charge in [0, 0.05) is 18.7 Å². The average molecular weight is 541 g/mol. The van der Waals surface area contributed by atoms with Gasteiger partial charge in [0.15, 0.2) is 11.6 Å². The molecular weight excluding hydrogens is 515 g/mol. The van der Waals surface area contributed by atoms with Crippen molar-refractivity contribution in [1.29, 1.82) is 0 Å². The molecular formula is C22H26ClFN6O5S. The number of anilines is 1. The average Bonchev–Trinajstić information content (AvgIpc) is 3.22. The van der Waals surface area contributed by atoms with Crippen LogP contribution < -0.4 is 10.1 Å². The summed E-state index contributed by atoms with van der Waals surface area (Å²) >= 11 is 6.43. The molecule has 1 fully saturated rings. The summed E-state index contributed by atoms with van der Waals surface area (Å²) < 4.78 is 47.8. The van der Waals surface area contributed by atoms with E-state index in [-0.39, 0.29) is 47.9 Å². The van der Waals surface area contributed by atoms with Crippen LogP contribution in [0.5, 0.6) is 5.75 Å². The molecule has 0 bridgehead atoms. The Kier molecular flexibility index (Phi) is 6.32. The standard InChI is InChI=1S/C22H26ClFN6O5S/c1-10-9-35-20-12(6-14(24)18-19(20)30(10)21(27-18)11(2)31)17-13(23)7-25-22(28-17)26-15-4-5-29(8-16(15)32)36(3,33)34/h6-7,10-11,15-16,31-32H,4-5,8-9H2,1-3H3,(H,25,26,28)/t10-,11+,15+,16+/m0/s1. The lowest BCUT2D eigenvalue weighted by atomic mass is 10.0. The van der Waals surface area contributed by atoms with E-state index in [1.54, 1.807) is 11.5 Å². The number of hydrogen-bond donors (Lipinski definition) is 3. The second-order valence-electron chi connectivity index (χ2n) is 9.23. The van der Waals surface area contributed by atoms with Gasteiger partial charge >= 0.3 is 0 Å². The fourth-order valence-electron chi connectivity index (χ4n) is 4.73. The molecule has 11 nitrogen and oxygen atoms in total. The molecule has 3 aromatic rings. The molecule has 0 saturated carbocycles. The highest BCUT2D eigenvalue weighted by atomic mass is 35.5. The Hall–Kier alpha value is -2.58. The summed E-state index contributed by atoms with van der Waals surface area (Å²) in [5.41, 5.74) is 1.01. The van der Waals surface area contributed by atoms with Gasteiger partial charge in [0.2, 0.25) is 16.0 Å². The Labute approximate surface area is 211 Å². The summed E-state index contributed by atoms with van der Waals surface area (Å²) in [6.07, 6.45) is 0.910. The summed E-state index contributed by atoms with van der Waals surface area (Å²) in [4.78, 5) is 13.0. The molecule has 0 aliphatic carbocycles. The number of aliphatic hydroxyl groups excluding tert-OH is 2. The van der Waals surface area contributed by atoms with E-state index in [0.717, 1.165) is 6.26 Å². The maximum atomic E-state index is 15.2. The molecule has 14 heteroatoms. The van der Waals surface area contributed by atoms with Crippen LogP contribution in [0.15, 0.2) is 12.3 Å². The molecule has 2 aromatic heterocycles. The van der Waals surface area contributed by atoms with Crippen molar-refractivity contribution >= 4 is 38.6 Å². The first kappa shape index (κ1) is 25.1. The summed E-state index contributed by atoms with van der Waals surface area (Å²) in [5, 5.41) is 23.9. The number of benzene rings is 1. The van der Waals surface area contributed by atoms with Crippen LogP contribution in [-0.2, 0) is 10.0 Å². The minimum absolute atomic E-state index is 0.0510. The van der Waals surface area contributed by atoms with Gasteiger partial charge in [0.05, 0.1) is 41.4 Å². The predicted octanol–water partition coefficient (Wildman–Crippen LogP) is 2.10. The highest BCUT2D eigenvalue weighted by molar-refractivity contribution is 7.88. The number of hydrogen-bond acceptors (Lipinski definition) is 9. The highest BCUT2D eigenvalue weighted by Gasteiger charge is 2.34. The number of nitrogens with one attached hydrogen (secondary N) is 1. The molecule has 1 saturated heterocycles. The van der Waals surface area contributed by atoms with E-state index >= 15 is 4.39 Å². The quantitative estimate of drug-likeness (QED) is 0.443. The van der Waals surface area contributed by atoms with Crippen LogP contribution in [0, 0.1) is 5.82 Å². The third-order valence-electron chi connectivity index (χ3n) is 6.51. The van der Waals surface area contributed by atoms with Crippen molar-refractivity contribution in [2.24, 2.45) is 0 Å². The maximum absolute atomic E-state index is 15.2. The summed E-state index contributed by atoms with van der Waals surface area (Å²) in [7, 11) is -3.41. The van der Waals surface area contributed by atoms with Crippen LogP contribution in [0.2, 0.25) is 5.02 Å². The minimum Gasteiger partial charge on any atom is -0.488 e. The lowest BCUT2D eigenvalue weighted by molar-refractivity contribution is 0.0950. The molecule has 0 radical (unpaired) electrons. The van der Waals surface area contributed by atoms with E-state index in [4.69, 9.17) is 16.3 Å². The lowest BCUT2D eigenvalue weighted by Crippen LogP contribution is -2.51. The fourth-order valence-corrected chi connectivity index (χ4v) is 5.78. The van der Waals surface area contributed by atoms with Gasteiger partial charge in [-0.1, -0.05) is 11.6 Å². The molecule has 4 atom stereocenters. The number of nitrogens with zero attached hydrogens (tertiary/aromatic N) is 5. The van der Waals surface area contributed by atoms with Crippen LogP contribution in [0.1, 0.15) is 38.2 Å². The first-order valence-corrected chi connectivity index (χ1v) is 13.7. The van der Waals surface area contributed by atoms with E-state index in [2.05, 4.69) is 20.3 Å². The van der Waals surface area contributed by atoms with Gasteiger partial charge in [0.25, 0.3) is 0 Å². The van der Waals surface area contributed by atoms with Crippen LogP contribution in [0.3, 0.4) is 0 Å². The fraction of sp³-hybridized carbons (Fsp3) is 0.500. The zero-order valence-electron chi connectivity index (χ0n) is 19.8. The lowest BCUT2D eigenvalue weighted by Gasteiger charge is -2.34. The summed E-state index contributed by atoms with van der Waals surface area (Å²) in [5.74, 6) is 0.205. The molecule has 0 amide bonds. The largest absolute Gasteiger partial charge is 0.488 e. The maximum Gasteiger partial charge on any atom is 0.223 e.